The van der Waals surface area contributed by atoms with Crippen LogP contribution in [-0.4, -0.2) is 21.2 Å². The summed E-state index contributed by atoms with van der Waals surface area (Å²) in [6.45, 7) is 4.63. The third-order valence-corrected chi connectivity index (χ3v) is 9.36. The van der Waals surface area contributed by atoms with Gasteiger partial charge in [-0.3, -0.25) is 0 Å². The molecule has 31 heavy (non-hydrogen) atoms. The van der Waals surface area contributed by atoms with Gasteiger partial charge in [0.05, 0.1) is 12.7 Å². The zero-order chi connectivity index (χ0) is 21.8. The van der Waals surface area contributed by atoms with Crippen molar-refractivity contribution < 1.29 is 9.53 Å². The lowest BCUT2D eigenvalue weighted by atomic mass is 9.97. The molecule has 0 saturated carbocycles. The van der Waals surface area contributed by atoms with E-state index in [0.717, 1.165) is 21.9 Å². The topological polar surface area (TPSA) is 26.3 Å². The number of ether oxygens (including phenoxy) is 1. The van der Waals surface area contributed by atoms with Crippen LogP contribution >= 0.6 is 0 Å². The lowest BCUT2D eigenvalue weighted by molar-refractivity contribution is -0.135. The van der Waals surface area contributed by atoms with Crippen LogP contribution in [0.15, 0.2) is 108 Å². The number of rotatable bonds is 4. The number of hydrogen-bond acceptors (Lipinski definition) is 2. The minimum atomic E-state index is -2.23. The Balaban J connectivity index is 2.05. The van der Waals surface area contributed by atoms with Crippen molar-refractivity contribution in [2.24, 2.45) is 0 Å². The van der Waals surface area contributed by atoms with Gasteiger partial charge in [-0.1, -0.05) is 110 Å². The fourth-order valence-corrected chi connectivity index (χ4v) is 7.77. The average Bonchev–Trinajstić information content (AvgIpc) is 2.81. The van der Waals surface area contributed by atoms with Crippen LogP contribution in [0.2, 0.25) is 13.1 Å². The molecule has 0 amide bonds. The zero-order valence-corrected chi connectivity index (χ0v) is 19.1. The molecular formula is C28H26O2Si. The van der Waals surface area contributed by atoms with Crippen LogP contribution in [0.1, 0.15) is 16.7 Å². The summed E-state index contributed by atoms with van der Waals surface area (Å²) in [6.07, 6.45) is 4.29. The van der Waals surface area contributed by atoms with E-state index in [9.17, 15) is 4.79 Å². The Kier molecular flexibility index (Phi) is 5.87. The molecule has 3 aromatic carbocycles. The van der Waals surface area contributed by atoms with E-state index in [1.165, 1.54) is 17.9 Å². The van der Waals surface area contributed by atoms with E-state index in [1.54, 1.807) is 0 Å². The van der Waals surface area contributed by atoms with Crippen molar-refractivity contribution in [1.29, 1.82) is 0 Å². The Morgan fingerprint density at radius 1 is 0.774 bits per heavy atom. The van der Waals surface area contributed by atoms with Crippen molar-refractivity contribution in [2.75, 3.05) is 7.11 Å². The lowest BCUT2D eigenvalue weighted by Gasteiger charge is -2.36. The van der Waals surface area contributed by atoms with Gasteiger partial charge in [0.1, 0.15) is 8.07 Å². The van der Waals surface area contributed by atoms with E-state index in [0.29, 0.717) is 5.57 Å². The molecule has 0 saturated heterocycles. The van der Waals surface area contributed by atoms with Crippen molar-refractivity contribution in [3.05, 3.63) is 125 Å². The van der Waals surface area contributed by atoms with Gasteiger partial charge in [-0.2, -0.15) is 0 Å². The molecule has 154 valence electrons. The van der Waals surface area contributed by atoms with Crippen molar-refractivity contribution >= 4 is 30.5 Å². The zero-order valence-electron chi connectivity index (χ0n) is 18.1. The Bertz CT molecular complexity index is 1170. The predicted octanol–water partition coefficient (Wildman–Crippen LogP) is 6.58. The van der Waals surface area contributed by atoms with Crippen molar-refractivity contribution in [3.8, 4) is 0 Å². The van der Waals surface area contributed by atoms with E-state index >= 15 is 0 Å². The highest BCUT2D eigenvalue weighted by atomic mass is 28.3. The van der Waals surface area contributed by atoms with Crippen LogP contribution in [0.4, 0.5) is 0 Å². The first-order chi connectivity index (χ1) is 15.0. The fourth-order valence-electron chi connectivity index (χ4n) is 4.34. The van der Waals surface area contributed by atoms with E-state index < -0.39 is 8.07 Å². The summed E-state index contributed by atoms with van der Waals surface area (Å²) in [5, 5.41) is 2.42. The molecule has 2 nitrogen and oxygen atoms in total. The molecule has 0 bridgehead atoms. The molecule has 3 aromatic rings. The highest BCUT2D eigenvalue weighted by Crippen LogP contribution is 2.45. The first kappa shape index (κ1) is 20.8. The molecule has 0 spiro atoms. The molecule has 0 aromatic heterocycles. The minimum Gasteiger partial charge on any atom is -0.465 e. The second-order valence-corrected chi connectivity index (χ2v) is 12.5. The summed E-state index contributed by atoms with van der Waals surface area (Å²) in [4.78, 5) is 13.2. The van der Waals surface area contributed by atoms with Crippen LogP contribution in [0.5, 0.6) is 0 Å². The second-order valence-electron chi connectivity index (χ2n) is 8.17. The normalized spacial score (nSPS) is 16.7. The van der Waals surface area contributed by atoms with Gasteiger partial charge in [-0.15, -0.1) is 0 Å². The SMILES string of the molecule is COC(=O)C1=C(c2ccccc2)[Si](C)(C)C(c2ccccc2)=C/C1=C/c1ccccc1. The molecule has 4 rings (SSSR count). The van der Waals surface area contributed by atoms with Gasteiger partial charge < -0.3 is 4.74 Å². The number of methoxy groups -OCH3 is 1. The molecule has 0 radical (unpaired) electrons. The molecule has 0 fully saturated rings. The smallest absolute Gasteiger partial charge is 0.338 e. The summed E-state index contributed by atoms with van der Waals surface area (Å²) in [5.74, 6) is -0.287. The van der Waals surface area contributed by atoms with Crippen LogP contribution in [-0.2, 0) is 9.53 Å². The maximum atomic E-state index is 13.2. The first-order valence-electron chi connectivity index (χ1n) is 10.5. The Morgan fingerprint density at radius 2 is 1.29 bits per heavy atom. The largest absolute Gasteiger partial charge is 0.465 e. The van der Waals surface area contributed by atoms with Crippen LogP contribution in [0.25, 0.3) is 16.5 Å². The maximum absolute atomic E-state index is 13.2. The van der Waals surface area contributed by atoms with Gasteiger partial charge in [0.25, 0.3) is 0 Å². The second kappa shape index (κ2) is 8.74. The highest BCUT2D eigenvalue weighted by Gasteiger charge is 2.40. The number of carbonyl (C=O) groups is 1. The molecule has 1 heterocycles. The third-order valence-electron chi connectivity index (χ3n) is 5.80. The van der Waals surface area contributed by atoms with E-state index in [-0.39, 0.29) is 5.97 Å². The monoisotopic (exact) mass is 422 g/mol. The van der Waals surface area contributed by atoms with E-state index in [2.05, 4.69) is 73.8 Å². The summed E-state index contributed by atoms with van der Waals surface area (Å²) in [5.41, 5.74) is 4.91. The van der Waals surface area contributed by atoms with Gasteiger partial charge >= 0.3 is 5.97 Å². The maximum Gasteiger partial charge on any atom is 0.338 e. The quantitative estimate of drug-likeness (QED) is 0.351. The lowest BCUT2D eigenvalue weighted by Crippen LogP contribution is -2.36. The van der Waals surface area contributed by atoms with Gasteiger partial charge in [-0.05, 0) is 38.7 Å². The summed E-state index contributed by atoms with van der Waals surface area (Å²) in [7, 11) is -0.772. The van der Waals surface area contributed by atoms with E-state index in [1.807, 2.05) is 42.5 Å². The Hall–Kier alpha value is -3.43. The molecule has 3 heteroatoms. The standard InChI is InChI=1S/C28H26O2Si/c1-30-28(29)26-24(19-21-13-7-4-8-14-21)20-25(22-15-9-5-10-16-22)31(2,3)27(26)23-17-11-6-12-18-23/h4-20H,1-3H3/b24-19-. The number of esters is 1. The van der Waals surface area contributed by atoms with Gasteiger partial charge in [0, 0.05) is 0 Å². The van der Waals surface area contributed by atoms with Crippen LogP contribution < -0.4 is 0 Å². The van der Waals surface area contributed by atoms with Crippen molar-refractivity contribution in [1.82, 2.24) is 0 Å². The van der Waals surface area contributed by atoms with Crippen molar-refractivity contribution in [3.63, 3.8) is 0 Å². The molecule has 0 atom stereocenters. The summed E-state index contributed by atoms with van der Waals surface area (Å²) >= 11 is 0. The molecular weight excluding hydrogens is 396 g/mol. The minimum absolute atomic E-state index is 0.287. The molecule has 1 aliphatic rings. The Labute approximate surface area is 185 Å². The van der Waals surface area contributed by atoms with Gasteiger partial charge in [0.15, 0.2) is 0 Å². The van der Waals surface area contributed by atoms with Crippen LogP contribution in [0, 0.1) is 0 Å². The molecule has 0 N–H and O–H groups in total. The molecule has 0 aliphatic carbocycles. The Morgan fingerprint density at radius 3 is 1.84 bits per heavy atom. The first-order valence-corrected chi connectivity index (χ1v) is 13.5. The number of hydrogen-bond donors (Lipinski definition) is 0. The number of allylic oxidation sites excluding steroid dienone is 1. The predicted molar refractivity (Wildman–Crippen MR) is 132 cm³/mol. The number of benzene rings is 3. The van der Waals surface area contributed by atoms with Crippen molar-refractivity contribution in [2.45, 2.75) is 13.1 Å². The summed E-state index contributed by atoms with van der Waals surface area (Å²) < 4.78 is 5.30. The average molecular weight is 423 g/mol. The fraction of sp³-hybridized carbons (Fsp3) is 0.107. The van der Waals surface area contributed by atoms with Gasteiger partial charge in [0.2, 0.25) is 0 Å². The van der Waals surface area contributed by atoms with Gasteiger partial charge in [-0.25, -0.2) is 4.79 Å². The molecule has 1 aliphatic heterocycles. The summed E-state index contributed by atoms with van der Waals surface area (Å²) in [6, 6.07) is 30.9. The third kappa shape index (κ3) is 4.10. The number of carbonyl (C=O) groups excluding carboxylic acids is 1. The van der Waals surface area contributed by atoms with E-state index in [4.69, 9.17) is 4.74 Å². The highest BCUT2D eigenvalue weighted by molar-refractivity contribution is 7.09. The van der Waals surface area contributed by atoms with Crippen LogP contribution in [0.3, 0.4) is 0 Å². The molecule has 0 unspecified atom stereocenters.